The Labute approximate surface area is 109 Å². The Bertz CT molecular complexity index is 347. The van der Waals surface area contributed by atoms with Crippen molar-refractivity contribution in [2.75, 3.05) is 49.7 Å². The second kappa shape index (κ2) is 6.61. The minimum absolute atomic E-state index is 0.221. The third-order valence-corrected chi connectivity index (χ3v) is 3.21. The van der Waals surface area contributed by atoms with E-state index in [1.54, 1.807) is 0 Å². The number of benzene rings is 1. The third kappa shape index (κ3) is 3.62. The van der Waals surface area contributed by atoms with Gasteiger partial charge in [-0.2, -0.15) is 0 Å². The summed E-state index contributed by atoms with van der Waals surface area (Å²) in [6.45, 7) is 6.60. The van der Waals surface area contributed by atoms with E-state index in [4.69, 9.17) is 9.84 Å². The summed E-state index contributed by atoms with van der Waals surface area (Å²) in [6, 6.07) is 8.46. The van der Waals surface area contributed by atoms with Crippen LogP contribution in [0.15, 0.2) is 24.3 Å². The average molecular weight is 250 g/mol. The molecular weight excluding hydrogens is 228 g/mol. The molecule has 0 spiro atoms. The number of morpholine rings is 1. The molecule has 2 rings (SSSR count). The summed E-state index contributed by atoms with van der Waals surface area (Å²) in [6.07, 6.45) is 0. The molecule has 2 N–H and O–H groups in total. The molecule has 1 fully saturated rings. The molecule has 1 aromatic rings. The van der Waals surface area contributed by atoms with Crippen LogP contribution >= 0.6 is 0 Å². The van der Waals surface area contributed by atoms with Crippen LogP contribution in [0.2, 0.25) is 0 Å². The summed E-state index contributed by atoms with van der Waals surface area (Å²) in [5.74, 6) is 0.281. The molecule has 1 heterocycles. The quantitative estimate of drug-likeness (QED) is 0.832. The van der Waals surface area contributed by atoms with Crippen LogP contribution < -0.4 is 10.2 Å². The van der Waals surface area contributed by atoms with Crippen molar-refractivity contribution in [2.24, 2.45) is 5.92 Å². The normalized spacial score (nSPS) is 17.6. The Kier molecular flexibility index (Phi) is 4.84. The Morgan fingerprint density at radius 1 is 1.28 bits per heavy atom. The van der Waals surface area contributed by atoms with E-state index in [9.17, 15) is 0 Å². The van der Waals surface area contributed by atoms with Crippen molar-refractivity contribution in [3.05, 3.63) is 24.3 Å². The molecule has 1 aliphatic heterocycles. The van der Waals surface area contributed by atoms with E-state index in [1.165, 1.54) is 5.69 Å². The molecule has 18 heavy (non-hydrogen) atoms. The lowest BCUT2D eigenvalue weighted by atomic mass is 10.2. The van der Waals surface area contributed by atoms with Crippen LogP contribution in [0.1, 0.15) is 6.92 Å². The largest absolute Gasteiger partial charge is 0.396 e. The van der Waals surface area contributed by atoms with Crippen LogP contribution in [0.25, 0.3) is 0 Å². The highest BCUT2D eigenvalue weighted by Gasteiger charge is 2.10. The molecule has 4 nitrogen and oxygen atoms in total. The molecule has 4 heteroatoms. The summed E-state index contributed by atoms with van der Waals surface area (Å²) in [4.78, 5) is 2.34. The van der Waals surface area contributed by atoms with Gasteiger partial charge >= 0.3 is 0 Å². The van der Waals surface area contributed by atoms with Crippen molar-refractivity contribution in [3.63, 3.8) is 0 Å². The summed E-state index contributed by atoms with van der Waals surface area (Å²) in [5.41, 5.74) is 2.35. The SMILES string of the molecule is CC(CO)CNc1ccc(N2CCOCC2)cc1. The monoisotopic (exact) mass is 250 g/mol. The van der Waals surface area contributed by atoms with Crippen LogP contribution in [0.4, 0.5) is 11.4 Å². The van der Waals surface area contributed by atoms with E-state index in [0.717, 1.165) is 38.5 Å². The van der Waals surface area contributed by atoms with Crippen LogP contribution in [-0.2, 0) is 4.74 Å². The maximum absolute atomic E-state index is 8.97. The summed E-state index contributed by atoms with van der Waals surface area (Å²) >= 11 is 0. The Balaban J connectivity index is 1.88. The van der Waals surface area contributed by atoms with Crippen molar-refractivity contribution in [1.29, 1.82) is 0 Å². The maximum atomic E-state index is 8.97. The molecule has 0 aromatic heterocycles. The van der Waals surface area contributed by atoms with Crippen LogP contribution in [0.5, 0.6) is 0 Å². The predicted molar refractivity (Wildman–Crippen MR) is 74.2 cm³/mol. The first kappa shape index (κ1) is 13.2. The third-order valence-electron chi connectivity index (χ3n) is 3.21. The topological polar surface area (TPSA) is 44.7 Å². The van der Waals surface area contributed by atoms with E-state index in [-0.39, 0.29) is 12.5 Å². The van der Waals surface area contributed by atoms with Gasteiger partial charge in [0.05, 0.1) is 13.2 Å². The number of rotatable bonds is 5. The zero-order chi connectivity index (χ0) is 12.8. The fourth-order valence-electron chi connectivity index (χ4n) is 1.97. The van der Waals surface area contributed by atoms with Gasteiger partial charge in [0.25, 0.3) is 0 Å². The fraction of sp³-hybridized carbons (Fsp3) is 0.571. The van der Waals surface area contributed by atoms with E-state index < -0.39 is 0 Å². The molecule has 0 amide bonds. The molecular formula is C14H22N2O2. The fourth-order valence-corrected chi connectivity index (χ4v) is 1.97. The summed E-state index contributed by atoms with van der Waals surface area (Å²) in [7, 11) is 0. The number of nitrogens with one attached hydrogen (secondary N) is 1. The number of aliphatic hydroxyl groups excluding tert-OH is 1. The van der Waals surface area contributed by atoms with Crippen molar-refractivity contribution in [2.45, 2.75) is 6.92 Å². The molecule has 1 aliphatic rings. The molecule has 1 unspecified atom stereocenters. The van der Waals surface area contributed by atoms with Gasteiger partial charge in [0.15, 0.2) is 0 Å². The molecule has 0 aliphatic carbocycles. The molecule has 0 bridgehead atoms. The van der Waals surface area contributed by atoms with Gasteiger partial charge in [-0.1, -0.05) is 6.92 Å². The molecule has 1 aromatic carbocycles. The zero-order valence-electron chi connectivity index (χ0n) is 10.9. The van der Waals surface area contributed by atoms with Crippen molar-refractivity contribution >= 4 is 11.4 Å². The van der Waals surface area contributed by atoms with Gasteiger partial charge in [0, 0.05) is 37.6 Å². The lowest BCUT2D eigenvalue weighted by molar-refractivity contribution is 0.122. The first-order valence-corrected chi connectivity index (χ1v) is 6.57. The molecule has 1 atom stereocenters. The molecule has 100 valence electrons. The number of ether oxygens (including phenoxy) is 1. The van der Waals surface area contributed by atoms with E-state index in [1.807, 2.05) is 6.92 Å². The number of nitrogens with zero attached hydrogens (tertiary/aromatic N) is 1. The van der Waals surface area contributed by atoms with Gasteiger partial charge < -0.3 is 20.1 Å². The highest BCUT2D eigenvalue weighted by atomic mass is 16.5. The second-order valence-electron chi connectivity index (χ2n) is 4.81. The van der Waals surface area contributed by atoms with Gasteiger partial charge in [-0.25, -0.2) is 0 Å². The standard InChI is InChI=1S/C14H22N2O2/c1-12(11-17)10-15-13-2-4-14(5-3-13)16-6-8-18-9-7-16/h2-5,12,15,17H,6-11H2,1H3. The second-order valence-corrected chi connectivity index (χ2v) is 4.81. The first-order chi connectivity index (χ1) is 8.79. The molecule has 0 saturated carbocycles. The van der Waals surface area contributed by atoms with Gasteiger partial charge in [-0.05, 0) is 30.2 Å². The zero-order valence-corrected chi connectivity index (χ0v) is 10.9. The lowest BCUT2D eigenvalue weighted by Gasteiger charge is -2.29. The van der Waals surface area contributed by atoms with Gasteiger partial charge in [-0.15, -0.1) is 0 Å². The number of anilines is 2. The van der Waals surface area contributed by atoms with Crippen LogP contribution in [-0.4, -0.2) is 44.6 Å². The minimum atomic E-state index is 0.221. The van der Waals surface area contributed by atoms with Crippen LogP contribution in [0, 0.1) is 5.92 Å². The number of hydrogen-bond acceptors (Lipinski definition) is 4. The van der Waals surface area contributed by atoms with Gasteiger partial charge in [-0.3, -0.25) is 0 Å². The smallest absolute Gasteiger partial charge is 0.0642 e. The van der Waals surface area contributed by atoms with Crippen molar-refractivity contribution in [1.82, 2.24) is 0 Å². The number of hydrogen-bond donors (Lipinski definition) is 2. The van der Waals surface area contributed by atoms with E-state index >= 15 is 0 Å². The number of aliphatic hydroxyl groups is 1. The van der Waals surface area contributed by atoms with Crippen LogP contribution in [0.3, 0.4) is 0 Å². The van der Waals surface area contributed by atoms with Gasteiger partial charge in [0.1, 0.15) is 0 Å². The summed E-state index contributed by atoms with van der Waals surface area (Å²) in [5, 5.41) is 12.3. The molecule has 1 saturated heterocycles. The highest BCUT2D eigenvalue weighted by Crippen LogP contribution is 2.19. The molecule has 0 radical (unpaired) electrons. The maximum Gasteiger partial charge on any atom is 0.0642 e. The first-order valence-electron chi connectivity index (χ1n) is 6.57. The summed E-state index contributed by atoms with van der Waals surface area (Å²) < 4.78 is 5.34. The van der Waals surface area contributed by atoms with Crippen molar-refractivity contribution in [3.8, 4) is 0 Å². The van der Waals surface area contributed by atoms with Gasteiger partial charge in [0.2, 0.25) is 0 Å². The Morgan fingerprint density at radius 2 is 1.94 bits per heavy atom. The van der Waals surface area contributed by atoms with E-state index in [0.29, 0.717) is 0 Å². The van der Waals surface area contributed by atoms with E-state index in [2.05, 4.69) is 34.5 Å². The van der Waals surface area contributed by atoms with Crippen molar-refractivity contribution < 1.29 is 9.84 Å². The Morgan fingerprint density at radius 3 is 2.56 bits per heavy atom. The lowest BCUT2D eigenvalue weighted by Crippen LogP contribution is -2.36. The highest BCUT2D eigenvalue weighted by molar-refractivity contribution is 5.55. The minimum Gasteiger partial charge on any atom is -0.396 e. The predicted octanol–water partition coefficient (Wildman–Crippen LogP) is 1.56. The Hall–Kier alpha value is -1.26. The average Bonchev–Trinajstić information content (AvgIpc) is 2.46.